The van der Waals surface area contributed by atoms with Crippen molar-refractivity contribution in [3.05, 3.63) is 33.8 Å². The number of hydrogen-bond acceptors (Lipinski definition) is 1. The van der Waals surface area contributed by atoms with Gasteiger partial charge in [0.25, 0.3) is 0 Å². The maximum Gasteiger partial charge on any atom is 0.0471 e. The summed E-state index contributed by atoms with van der Waals surface area (Å²) in [5, 5.41) is 1.37. The summed E-state index contributed by atoms with van der Waals surface area (Å²) >= 11 is 12.1. The normalized spacial score (nSPS) is 20.2. The second-order valence-corrected chi connectivity index (χ2v) is 5.18. The van der Waals surface area contributed by atoms with Gasteiger partial charge in [0.1, 0.15) is 0 Å². The van der Waals surface area contributed by atoms with Gasteiger partial charge in [0.2, 0.25) is 0 Å². The van der Waals surface area contributed by atoms with Gasteiger partial charge < -0.3 is 5.73 Å². The van der Waals surface area contributed by atoms with E-state index in [-0.39, 0.29) is 5.54 Å². The van der Waals surface area contributed by atoms with Gasteiger partial charge in [-0.05, 0) is 30.5 Å². The van der Waals surface area contributed by atoms with Crippen LogP contribution in [0.25, 0.3) is 0 Å². The molecule has 0 saturated heterocycles. The number of hydrogen-bond donors (Lipinski definition) is 1. The average molecular weight is 244 g/mol. The molecule has 0 spiro atoms. The first-order valence-electron chi connectivity index (χ1n) is 5.36. The molecule has 0 atom stereocenters. The van der Waals surface area contributed by atoms with Crippen molar-refractivity contribution in [1.29, 1.82) is 0 Å². The summed E-state index contributed by atoms with van der Waals surface area (Å²) < 4.78 is 0. The third-order valence-corrected chi connectivity index (χ3v) is 3.76. The molecule has 2 rings (SSSR count). The average Bonchev–Trinajstić information content (AvgIpc) is 2.18. The maximum absolute atomic E-state index is 6.40. The summed E-state index contributed by atoms with van der Waals surface area (Å²) in [7, 11) is 0. The van der Waals surface area contributed by atoms with Crippen LogP contribution in [0.4, 0.5) is 0 Å². The van der Waals surface area contributed by atoms with E-state index < -0.39 is 0 Å². The fourth-order valence-corrected chi connectivity index (χ4v) is 2.94. The van der Waals surface area contributed by atoms with E-state index >= 15 is 0 Å². The van der Waals surface area contributed by atoms with Crippen LogP contribution in [0, 0.1) is 0 Å². The molecule has 1 aromatic rings. The van der Waals surface area contributed by atoms with Crippen LogP contribution in [0.15, 0.2) is 18.2 Å². The lowest BCUT2D eigenvalue weighted by Crippen LogP contribution is -2.38. The van der Waals surface area contributed by atoms with Gasteiger partial charge in [-0.15, -0.1) is 0 Å². The largest absolute Gasteiger partial charge is 0.321 e. The molecule has 1 aromatic carbocycles. The van der Waals surface area contributed by atoms with Crippen LogP contribution in [0.5, 0.6) is 0 Å². The number of halogens is 2. The van der Waals surface area contributed by atoms with E-state index in [4.69, 9.17) is 28.9 Å². The van der Waals surface area contributed by atoms with Gasteiger partial charge in [-0.3, -0.25) is 0 Å². The van der Waals surface area contributed by atoms with E-state index in [0.717, 1.165) is 18.4 Å². The van der Waals surface area contributed by atoms with E-state index in [1.165, 1.54) is 19.3 Å². The molecule has 0 aromatic heterocycles. The number of nitrogens with two attached hydrogens (primary N) is 1. The zero-order valence-electron chi connectivity index (χ0n) is 8.60. The smallest absolute Gasteiger partial charge is 0.0471 e. The minimum absolute atomic E-state index is 0.236. The van der Waals surface area contributed by atoms with E-state index in [9.17, 15) is 0 Å². The molecule has 0 bridgehead atoms. The Morgan fingerprint density at radius 1 is 1.07 bits per heavy atom. The van der Waals surface area contributed by atoms with Gasteiger partial charge in [0, 0.05) is 15.6 Å². The molecule has 0 radical (unpaired) electrons. The molecule has 1 aliphatic rings. The SMILES string of the molecule is NC1(c2ccc(Cl)cc2Cl)CCCCC1. The van der Waals surface area contributed by atoms with Crippen molar-refractivity contribution >= 4 is 23.2 Å². The minimum atomic E-state index is -0.236. The third-order valence-electron chi connectivity index (χ3n) is 3.21. The Balaban J connectivity index is 2.35. The Morgan fingerprint density at radius 2 is 1.73 bits per heavy atom. The van der Waals surface area contributed by atoms with Crippen LogP contribution in [0.1, 0.15) is 37.7 Å². The molecule has 1 nitrogen and oxygen atoms in total. The van der Waals surface area contributed by atoms with Crippen molar-refractivity contribution in [3.8, 4) is 0 Å². The molecule has 3 heteroatoms. The molecule has 0 unspecified atom stereocenters. The summed E-state index contributed by atoms with van der Waals surface area (Å²) in [4.78, 5) is 0. The number of benzene rings is 1. The van der Waals surface area contributed by atoms with Crippen molar-refractivity contribution < 1.29 is 0 Å². The molecule has 0 heterocycles. The predicted molar refractivity (Wildman–Crippen MR) is 65.4 cm³/mol. The molecule has 0 amide bonds. The van der Waals surface area contributed by atoms with Crippen LogP contribution in [-0.2, 0) is 5.54 Å². The standard InChI is InChI=1S/C12H15Cl2N/c13-9-4-5-10(11(14)8-9)12(15)6-2-1-3-7-12/h4-5,8H,1-3,6-7,15H2. The molecule has 1 saturated carbocycles. The number of rotatable bonds is 1. The molecular weight excluding hydrogens is 229 g/mol. The fourth-order valence-electron chi connectivity index (χ4n) is 2.35. The van der Waals surface area contributed by atoms with E-state index in [2.05, 4.69) is 0 Å². The van der Waals surface area contributed by atoms with Gasteiger partial charge in [0.05, 0.1) is 0 Å². The van der Waals surface area contributed by atoms with Gasteiger partial charge in [-0.25, -0.2) is 0 Å². The monoisotopic (exact) mass is 243 g/mol. The molecule has 15 heavy (non-hydrogen) atoms. The van der Waals surface area contributed by atoms with Crippen molar-refractivity contribution in [3.63, 3.8) is 0 Å². The van der Waals surface area contributed by atoms with Crippen LogP contribution in [-0.4, -0.2) is 0 Å². The summed E-state index contributed by atoms with van der Waals surface area (Å²) in [6, 6.07) is 5.61. The first-order valence-corrected chi connectivity index (χ1v) is 6.12. The molecular formula is C12H15Cl2N. The Labute approximate surface area is 101 Å². The third kappa shape index (κ3) is 2.30. The molecule has 1 fully saturated rings. The van der Waals surface area contributed by atoms with Gasteiger partial charge in [-0.2, -0.15) is 0 Å². The van der Waals surface area contributed by atoms with Crippen LogP contribution in [0.2, 0.25) is 10.0 Å². The second-order valence-electron chi connectivity index (χ2n) is 4.34. The Morgan fingerprint density at radius 3 is 2.33 bits per heavy atom. The molecule has 1 aliphatic carbocycles. The van der Waals surface area contributed by atoms with E-state index in [0.29, 0.717) is 10.0 Å². The highest BCUT2D eigenvalue weighted by Crippen LogP contribution is 2.38. The summed E-state index contributed by atoms with van der Waals surface area (Å²) in [6.45, 7) is 0. The molecule has 2 N–H and O–H groups in total. The predicted octanol–water partition coefficient (Wildman–Crippen LogP) is 4.11. The highest BCUT2D eigenvalue weighted by molar-refractivity contribution is 6.35. The lowest BCUT2D eigenvalue weighted by Gasteiger charge is -2.34. The maximum atomic E-state index is 6.40. The molecule has 82 valence electrons. The zero-order chi connectivity index (χ0) is 10.9. The summed E-state index contributed by atoms with van der Waals surface area (Å²) in [5.74, 6) is 0. The van der Waals surface area contributed by atoms with Crippen molar-refractivity contribution in [1.82, 2.24) is 0 Å². The van der Waals surface area contributed by atoms with Crippen molar-refractivity contribution in [2.45, 2.75) is 37.6 Å². The highest BCUT2D eigenvalue weighted by Gasteiger charge is 2.31. The van der Waals surface area contributed by atoms with Crippen LogP contribution < -0.4 is 5.73 Å². The first kappa shape index (κ1) is 11.3. The highest BCUT2D eigenvalue weighted by atomic mass is 35.5. The zero-order valence-corrected chi connectivity index (χ0v) is 10.1. The van der Waals surface area contributed by atoms with Crippen molar-refractivity contribution in [2.75, 3.05) is 0 Å². The fraction of sp³-hybridized carbons (Fsp3) is 0.500. The minimum Gasteiger partial charge on any atom is -0.321 e. The topological polar surface area (TPSA) is 26.0 Å². The summed E-state index contributed by atoms with van der Waals surface area (Å²) in [5.41, 5.74) is 7.22. The Kier molecular flexibility index (Phi) is 3.24. The Bertz CT molecular complexity index is 357. The van der Waals surface area contributed by atoms with Crippen molar-refractivity contribution in [2.24, 2.45) is 5.73 Å². The molecule has 0 aliphatic heterocycles. The van der Waals surface area contributed by atoms with Crippen LogP contribution >= 0.6 is 23.2 Å². The lowest BCUT2D eigenvalue weighted by atomic mass is 9.77. The first-order chi connectivity index (χ1) is 7.12. The quantitative estimate of drug-likeness (QED) is 0.790. The van der Waals surface area contributed by atoms with E-state index in [1.807, 2.05) is 12.1 Å². The lowest BCUT2D eigenvalue weighted by molar-refractivity contribution is 0.302. The van der Waals surface area contributed by atoms with E-state index in [1.54, 1.807) is 6.07 Å². The van der Waals surface area contributed by atoms with Gasteiger partial charge in [0.15, 0.2) is 0 Å². The van der Waals surface area contributed by atoms with Crippen LogP contribution in [0.3, 0.4) is 0 Å². The summed E-state index contributed by atoms with van der Waals surface area (Å²) in [6.07, 6.45) is 5.71. The Hall–Kier alpha value is -0.240. The second kappa shape index (κ2) is 4.32. The van der Waals surface area contributed by atoms with Gasteiger partial charge >= 0.3 is 0 Å². The van der Waals surface area contributed by atoms with Gasteiger partial charge in [-0.1, -0.05) is 48.5 Å².